The normalized spacial score (nSPS) is 27.8. The summed E-state index contributed by atoms with van der Waals surface area (Å²) < 4.78 is 34.8. The average Bonchev–Trinajstić information content (AvgIpc) is 2.54. The van der Waals surface area contributed by atoms with Crippen LogP contribution in [-0.2, 0) is 32.9 Å². The number of hydrogen-bond donors (Lipinski definition) is 1. The molecule has 0 aliphatic carbocycles. The summed E-state index contributed by atoms with van der Waals surface area (Å²) >= 11 is 14.7. The summed E-state index contributed by atoms with van der Waals surface area (Å²) in [6.07, 6.45) is -2.63. The molecule has 1 rings (SSSR count). The second-order valence-corrected chi connectivity index (χ2v) is 9.35. The Balaban J connectivity index is 2.88. The second-order valence-electron chi connectivity index (χ2n) is 5.66. The summed E-state index contributed by atoms with van der Waals surface area (Å²) in [5, 5.41) is 0. The Labute approximate surface area is 176 Å². The van der Waals surface area contributed by atoms with Gasteiger partial charge in [-0.2, -0.15) is 0 Å². The van der Waals surface area contributed by atoms with Gasteiger partial charge in [0, 0.05) is 45.1 Å². The van der Waals surface area contributed by atoms with Gasteiger partial charge in [-0.15, -0.1) is 23.2 Å². The van der Waals surface area contributed by atoms with E-state index in [0.717, 1.165) is 4.67 Å². The molecule has 9 nitrogen and oxygen atoms in total. The van der Waals surface area contributed by atoms with Gasteiger partial charge in [0.2, 0.25) is 0 Å². The fourth-order valence-corrected chi connectivity index (χ4v) is 5.08. The molecule has 0 aromatic carbocycles. The smallest absolute Gasteiger partial charge is 0.407 e. The molecule has 13 heteroatoms. The Morgan fingerprint density at radius 1 is 1.26 bits per heavy atom. The molecule has 1 aliphatic heterocycles. The molecule has 0 aromatic rings. The van der Waals surface area contributed by atoms with Crippen molar-refractivity contribution < 1.29 is 37.8 Å². The standard InChI is InChI=1S/C14H23BrCl2NO8P/c1-9(19)23-8-12-14(24-10(2)20)11(15)7-13(25-12)26-27(21,22)18(5-3-16)6-4-17/h11-14H,3-8H2,1-2H3,(H,21,22)/t11-,12-,13+,14+/m1/s1. The Morgan fingerprint density at radius 2 is 1.85 bits per heavy atom. The van der Waals surface area contributed by atoms with Gasteiger partial charge in [-0.25, -0.2) is 9.24 Å². The molecule has 1 heterocycles. The molecule has 5 atom stereocenters. The van der Waals surface area contributed by atoms with E-state index in [4.69, 9.17) is 41.9 Å². The molecule has 158 valence electrons. The summed E-state index contributed by atoms with van der Waals surface area (Å²) in [5.41, 5.74) is 0. The molecule has 0 spiro atoms. The summed E-state index contributed by atoms with van der Waals surface area (Å²) in [4.78, 5) is 32.2. The topological polar surface area (TPSA) is 112 Å². The van der Waals surface area contributed by atoms with Gasteiger partial charge >= 0.3 is 19.7 Å². The van der Waals surface area contributed by atoms with Gasteiger partial charge in [0.1, 0.15) is 18.8 Å². The lowest BCUT2D eigenvalue weighted by Gasteiger charge is -2.39. The van der Waals surface area contributed by atoms with Crippen molar-refractivity contribution in [3.05, 3.63) is 0 Å². The van der Waals surface area contributed by atoms with Crippen molar-refractivity contribution in [3.8, 4) is 0 Å². The highest BCUT2D eigenvalue weighted by atomic mass is 79.9. The summed E-state index contributed by atoms with van der Waals surface area (Å²) in [7, 11) is -4.24. The molecule has 1 saturated heterocycles. The largest absolute Gasteiger partial charge is 0.463 e. The number of ether oxygens (including phenoxy) is 3. The van der Waals surface area contributed by atoms with Gasteiger partial charge in [-0.05, 0) is 0 Å². The molecule has 0 aromatic heterocycles. The highest BCUT2D eigenvalue weighted by Gasteiger charge is 2.44. The first-order valence-corrected chi connectivity index (χ1v) is 11.6. The van der Waals surface area contributed by atoms with Crippen LogP contribution in [0.5, 0.6) is 0 Å². The number of rotatable bonds is 10. The summed E-state index contributed by atoms with van der Waals surface area (Å²) in [5.74, 6) is -0.858. The molecule has 0 bridgehead atoms. The molecule has 1 aliphatic rings. The van der Waals surface area contributed by atoms with E-state index in [2.05, 4.69) is 15.9 Å². The van der Waals surface area contributed by atoms with Crippen LogP contribution in [0.15, 0.2) is 0 Å². The molecule has 0 radical (unpaired) electrons. The van der Waals surface area contributed by atoms with E-state index in [9.17, 15) is 19.0 Å². The highest BCUT2D eigenvalue weighted by Crippen LogP contribution is 2.49. The SMILES string of the molecule is CC(=O)OC[C@H]1O[C@@H](OP(=O)(O)N(CCCl)CCCl)C[C@@H](Br)[C@@H]1OC(C)=O. The van der Waals surface area contributed by atoms with Crippen molar-refractivity contribution in [3.63, 3.8) is 0 Å². The maximum absolute atomic E-state index is 12.6. The van der Waals surface area contributed by atoms with E-state index in [-0.39, 0.29) is 37.9 Å². The zero-order valence-corrected chi connectivity index (χ0v) is 18.9. The fraction of sp³-hybridized carbons (Fsp3) is 0.857. The minimum Gasteiger partial charge on any atom is -0.463 e. The fourth-order valence-electron chi connectivity index (χ4n) is 2.40. The quantitative estimate of drug-likeness (QED) is 0.266. The number of hydrogen-bond acceptors (Lipinski definition) is 7. The number of halogens is 3. The predicted octanol–water partition coefficient (Wildman–Crippen LogP) is 2.26. The first-order chi connectivity index (χ1) is 12.6. The molecule has 1 fully saturated rings. The van der Waals surface area contributed by atoms with E-state index in [1.54, 1.807) is 0 Å². The van der Waals surface area contributed by atoms with Crippen molar-refractivity contribution in [2.24, 2.45) is 0 Å². The van der Waals surface area contributed by atoms with Gasteiger partial charge in [0.05, 0.1) is 4.83 Å². The predicted molar refractivity (Wildman–Crippen MR) is 102 cm³/mol. The Bertz CT molecular complexity index is 551. The van der Waals surface area contributed by atoms with Crippen LogP contribution in [0.4, 0.5) is 0 Å². The molecule has 1 N–H and O–H groups in total. The van der Waals surface area contributed by atoms with Crippen molar-refractivity contribution in [2.45, 2.75) is 43.6 Å². The summed E-state index contributed by atoms with van der Waals surface area (Å²) in [6, 6.07) is 0. The number of carbonyl (C=O) groups excluding carboxylic acids is 2. The molecular formula is C14H23BrCl2NO8P. The average molecular weight is 515 g/mol. The Morgan fingerprint density at radius 3 is 2.33 bits per heavy atom. The third kappa shape index (κ3) is 8.53. The maximum Gasteiger partial charge on any atom is 0.407 e. The summed E-state index contributed by atoms with van der Waals surface area (Å²) in [6.45, 7) is 2.45. The molecule has 0 saturated carbocycles. The zero-order chi connectivity index (χ0) is 20.6. The van der Waals surface area contributed by atoms with Crippen LogP contribution in [-0.4, -0.2) is 76.3 Å². The second kappa shape index (κ2) is 11.9. The van der Waals surface area contributed by atoms with E-state index in [1.165, 1.54) is 13.8 Å². The first-order valence-electron chi connectivity index (χ1n) is 8.09. The van der Waals surface area contributed by atoms with Gasteiger partial charge in [0.15, 0.2) is 6.29 Å². The van der Waals surface area contributed by atoms with Crippen LogP contribution in [0.3, 0.4) is 0 Å². The minimum atomic E-state index is -4.24. The highest BCUT2D eigenvalue weighted by molar-refractivity contribution is 9.09. The van der Waals surface area contributed by atoms with Crippen LogP contribution in [0.2, 0.25) is 0 Å². The van der Waals surface area contributed by atoms with E-state index in [0.29, 0.717) is 0 Å². The lowest BCUT2D eigenvalue weighted by Crippen LogP contribution is -2.51. The van der Waals surface area contributed by atoms with Crippen molar-refractivity contribution in [1.29, 1.82) is 0 Å². The van der Waals surface area contributed by atoms with Gasteiger partial charge in [0.25, 0.3) is 0 Å². The van der Waals surface area contributed by atoms with Gasteiger partial charge in [-0.3, -0.25) is 14.1 Å². The van der Waals surface area contributed by atoms with E-state index >= 15 is 0 Å². The molecule has 0 amide bonds. The first kappa shape index (κ1) is 25.1. The minimum absolute atomic E-state index is 0.0967. The zero-order valence-electron chi connectivity index (χ0n) is 14.9. The molecule has 1 unspecified atom stereocenters. The monoisotopic (exact) mass is 513 g/mol. The number of alkyl halides is 3. The number of nitrogens with zero attached hydrogens (tertiary/aromatic N) is 1. The lowest BCUT2D eigenvalue weighted by molar-refractivity contribution is -0.212. The molecular weight excluding hydrogens is 492 g/mol. The Hall–Kier alpha value is 0.0700. The lowest BCUT2D eigenvalue weighted by atomic mass is 10.0. The number of esters is 2. The van der Waals surface area contributed by atoms with Crippen LogP contribution >= 0.6 is 46.9 Å². The Kier molecular flexibility index (Phi) is 11.1. The van der Waals surface area contributed by atoms with Crippen LogP contribution in [0.1, 0.15) is 20.3 Å². The number of carbonyl (C=O) groups is 2. The third-order valence-electron chi connectivity index (χ3n) is 3.52. The van der Waals surface area contributed by atoms with E-state index in [1.807, 2.05) is 0 Å². The molecule has 27 heavy (non-hydrogen) atoms. The van der Waals surface area contributed by atoms with Crippen molar-refractivity contribution in [2.75, 3.05) is 31.5 Å². The van der Waals surface area contributed by atoms with Crippen LogP contribution < -0.4 is 0 Å². The van der Waals surface area contributed by atoms with Crippen LogP contribution in [0.25, 0.3) is 0 Å². The van der Waals surface area contributed by atoms with Crippen molar-refractivity contribution in [1.82, 2.24) is 4.67 Å². The van der Waals surface area contributed by atoms with Gasteiger partial charge < -0.3 is 19.1 Å². The van der Waals surface area contributed by atoms with E-state index < -0.39 is 43.0 Å². The van der Waals surface area contributed by atoms with Crippen molar-refractivity contribution >= 4 is 58.8 Å². The van der Waals surface area contributed by atoms with Gasteiger partial charge in [-0.1, -0.05) is 15.9 Å². The van der Waals surface area contributed by atoms with Crippen LogP contribution in [0, 0.1) is 0 Å². The maximum atomic E-state index is 12.6. The third-order valence-corrected chi connectivity index (χ3v) is 6.38.